The van der Waals surface area contributed by atoms with Crippen molar-refractivity contribution in [3.8, 4) is 0 Å². The summed E-state index contributed by atoms with van der Waals surface area (Å²) in [6, 6.07) is 0.674. The van der Waals surface area contributed by atoms with Gasteiger partial charge < -0.3 is 10.1 Å². The van der Waals surface area contributed by atoms with Gasteiger partial charge in [0.2, 0.25) is 0 Å². The summed E-state index contributed by atoms with van der Waals surface area (Å²) in [7, 11) is 0. The molecule has 3 atom stereocenters. The van der Waals surface area contributed by atoms with E-state index < -0.39 is 0 Å². The van der Waals surface area contributed by atoms with Gasteiger partial charge in [-0.15, -0.1) is 0 Å². The van der Waals surface area contributed by atoms with Crippen molar-refractivity contribution in [2.24, 2.45) is 0 Å². The van der Waals surface area contributed by atoms with E-state index in [2.05, 4.69) is 37.9 Å². The van der Waals surface area contributed by atoms with E-state index in [1.165, 1.54) is 32.2 Å². The van der Waals surface area contributed by atoms with Gasteiger partial charge in [-0.05, 0) is 53.1 Å². The summed E-state index contributed by atoms with van der Waals surface area (Å²) in [5, 5.41) is 3.55. The Kier molecular flexibility index (Phi) is 7.87. The van der Waals surface area contributed by atoms with Crippen LogP contribution in [-0.2, 0) is 4.74 Å². The van der Waals surface area contributed by atoms with Crippen molar-refractivity contribution < 1.29 is 4.74 Å². The minimum atomic E-state index is 0.402. The van der Waals surface area contributed by atoms with Crippen molar-refractivity contribution in [2.75, 3.05) is 26.2 Å². The van der Waals surface area contributed by atoms with E-state index >= 15 is 0 Å². The maximum atomic E-state index is 5.75. The third kappa shape index (κ3) is 6.72. The number of hydrogen-bond donors (Lipinski definition) is 1. The van der Waals surface area contributed by atoms with Crippen LogP contribution in [0.2, 0.25) is 0 Å². The molecule has 0 radical (unpaired) electrons. The maximum absolute atomic E-state index is 5.75. The van der Waals surface area contributed by atoms with Crippen molar-refractivity contribution in [3.63, 3.8) is 0 Å². The van der Waals surface area contributed by atoms with Crippen molar-refractivity contribution in [1.82, 2.24) is 10.2 Å². The SMILES string of the molecule is CCCNC(C)CCCCN1CC(C)OC(C)C1. The summed E-state index contributed by atoms with van der Waals surface area (Å²) < 4.78 is 5.75. The zero-order valence-electron chi connectivity index (χ0n) is 12.7. The Morgan fingerprint density at radius 3 is 2.50 bits per heavy atom. The lowest BCUT2D eigenvalue weighted by Crippen LogP contribution is -2.45. The summed E-state index contributed by atoms with van der Waals surface area (Å²) in [5.74, 6) is 0. The molecule has 108 valence electrons. The first-order chi connectivity index (χ1) is 8.61. The predicted octanol–water partition coefficient (Wildman–Crippen LogP) is 2.65. The van der Waals surface area contributed by atoms with Gasteiger partial charge in [-0.1, -0.05) is 13.3 Å². The highest BCUT2D eigenvalue weighted by Gasteiger charge is 2.21. The van der Waals surface area contributed by atoms with Gasteiger partial charge in [0.05, 0.1) is 12.2 Å². The highest BCUT2D eigenvalue weighted by molar-refractivity contribution is 4.73. The molecule has 1 rings (SSSR count). The Hall–Kier alpha value is -0.120. The summed E-state index contributed by atoms with van der Waals surface area (Å²) >= 11 is 0. The van der Waals surface area contributed by atoms with Crippen molar-refractivity contribution >= 4 is 0 Å². The first-order valence-electron chi connectivity index (χ1n) is 7.73. The molecule has 1 aliphatic heterocycles. The van der Waals surface area contributed by atoms with Gasteiger partial charge in [0.25, 0.3) is 0 Å². The van der Waals surface area contributed by atoms with Crippen LogP contribution in [0.15, 0.2) is 0 Å². The molecule has 0 amide bonds. The molecule has 0 saturated carbocycles. The van der Waals surface area contributed by atoms with Gasteiger partial charge in [0.1, 0.15) is 0 Å². The molecule has 3 nitrogen and oxygen atoms in total. The number of ether oxygens (including phenoxy) is 1. The second kappa shape index (κ2) is 8.89. The first kappa shape index (κ1) is 15.9. The fourth-order valence-corrected chi connectivity index (χ4v) is 2.75. The number of rotatable bonds is 8. The summed E-state index contributed by atoms with van der Waals surface area (Å²) in [6.07, 6.45) is 5.98. The average Bonchev–Trinajstić information content (AvgIpc) is 2.31. The van der Waals surface area contributed by atoms with Crippen LogP contribution >= 0.6 is 0 Å². The van der Waals surface area contributed by atoms with Crippen molar-refractivity contribution in [1.29, 1.82) is 0 Å². The third-order valence-electron chi connectivity index (χ3n) is 3.60. The minimum absolute atomic E-state index is 0.402. The van der Waals surface area contributed by atoms with Gasteiger partial charge in [-0.2, -0.15) is 0 Å². The second-order valence-corrected chi connectivity index (χ2v) is 5.87. The van der Waals surface area contributed by atoms with Crippen molar-refractivity contribution in [2.45, 2.75) is 71.6 Å². The number of nitrogens with one attached hydrogen (secondary N) is 1. The minimum Gasteiger partial charge on any atom is -0.373 e. The smallest absolute Gasteiger partial charge is 0.0678 e. The highest BCUT2D eigenvalue weighted by atomic mass is 16.5. The molecule has 0 aromatic carbocycles. The second-order valence-electron chi connectivity index (χ2n) is 5.87. The zero-order chi connectivity index (χ0) is 13.4. The van der Waals surface area contributed by atoms with Crippen LogP contribution in [0.5, 0.6) is 0 Å². The van der Waals surface area contributed by atoms with E-state index in [1.54, 1.807) is 0 Å². The maximum Gasteiger partial charge on any atom is 0.0678 e. The molecular weight excluding hydrogens is 224 g/mol. The van der Waals surface area contributed by atoms with E-state index in [0.717, 1.165) is 19.6 Å². The Morgan fingerprint density at radius 2 is 1.89 bits per heavy atom. The molecule has 3 heteroatoms. The highest BCUT2D eigenvalue weighted by Crippen LogP contribution is 2.12. The van der Waals surface area contributed by atoms with E-state index in [-0.39, 0.29) is 0 Å². The van der Waals surface area contributed by atoms with Crippen molar-refractivity contribution in [3.05, 3.63) is 0 Å². The fourth-order valence-electron chi connectivity index (χ4n) is 2.75. The van der Waals surface area contributed by atoms with E-state index in [4.69, 9.17) is 4.74 Å². The Morgan fingerprint density at radius 1 is 1.22 bits per heavy atom. The molecule has 18 heavy (non-hydrogen) atoms. The summed E-state index contributed by atoms with van der Waals surface area (Å²) in [5.41, 5.74) is 0. The molecule has 0 bridgehead atoms. The molecular formula is C15H32N2O. The van der Waals surface area contributed by atoms with Gasteiger partial charge in [0.15, 0.2) is 0 Å². The predicted molar refractivity (Wildman–Crippen MR) is 78.1 cm³/mol. The largest absolute Gasteiger partial charge is 0.373 e. The summed E-state index contributed by atoms with van der Waals surface area (Å²) in [6.45, 7) is 13.5. The monoisotopic (exact) mass is 256 g/mol. The lowest BCUT2D eigenvalue weighted by atomic mass is 10.1. The molecule has 1 fully saturated rings. The molecule has 0 aromatic rings. The molecule has 0 aromatic heterocycles. The average molecular weight is 256 g/mol. The van der Waals surface area contributed by atoms with Crippen LogP contribution in [-0.4, -0.2) is 49.3 Å². The van der Waals surface area contributed by atoms with Crippen LogP contribution < -0.4 is 5.32 Å². The third-order valence-corrected chi connectivity index (χ3v) is 3.60. The Balaban J connectivity index is 2.03. The van der Waals surface area contributed by atoms with E-state index in [9.17, 15) is 0 Å². The fraction of sp³-hybridized carbons (Fsp3) is 1.00. The zero-order valence-corrected chi connectivity index (χ0v) is 12.7. The summed E-state index contributed by atoms with van der Waals surface area (Å²) in [4.78, 5) is 2.56. The number of nitrogens with zero attached hydrogens (tertiary/aromatic N) is 1. The van der Waals surface area contributed by atoms with Crippen LogP contribution in [0.4, 0.5) is 0 Å². The van der Waals surface area contributed by atoms with Gasteiger partial charge in [0, 0.05) is 19.1 Å². The molecule has 0 spiro atoms. The van der Waals surface area contributed by atoms with Gasteiger partial charge in [-0.25, -0.2) is 0 Å². The van der Waals surface area contributed by atoms with Gasteiger partial charge >= 0.3 is 0 Å². The number of hydrogen-bond acceptors (Lipinski definition) is 3. The quantitative estimate of drug-likeness (QED) is 0.676. The van der Waals surface area contributed by atoms with E-state index in [0.29, 0.717) is 18.2 Å². The first-order valence-corrected chi connectivity index (χ1v) is 7.73. The number of unbranched alkanes of at least 4 members (excludes halogenated alkanes) is 1. The lowest BCUT2D eigenvalue weighted by molar-refractivity contribution is -0.0682. The van der Waals surface area contributed by atoms with Crippen LogP contribution in [0.25, 0.3) is 0 Å². The molecule has 1 saturated heterocycles. The van der Waals surface area contributed by atoms with Crippen LogP contribution in [0.3, 0.4) is 0 Å². The molecule has 1 heterocycles. The standard InChI is InChI=1S/C15H32N2O/c1-5-9-16-13(2)8-6-7-10-17-11-14(3)18-15(4)12-17/h13-16H,5-12H2,1-4H3. The topological polar surface area (TPSA) is 24.5 Å². The normalized spacial score (nSPS) is 27.3. The van der Waals surface area contributed by atoms with Crippen LogP contribution in [0.1, 0.15) is 53.4 Å². The van der Waals surface area contributed by atoms with E-state index in [1.807, 2.05) is 0 Å². The molecule has 1 aliphatic rings. The Labute approximate surface area is 113 Å². The molecule has 1 N–H and O–H groups in total. The number of morpholine rings is 1. The molecule has 3 unspecified atom stereocenters. The van der Waals surface area contributed by atoms with Crippen LogP contribution in [0, 0.1) is 0 Å². The Bertz CT molecular complexity index is 201. The molecule has 0 aliphatic carbocycles. The van der Waals surface area contributed by atoms with Gasteiger partial charge in [-0.3, -0.25) is 4.90 Å². The lowest BCUT2D eigenvalue weighted by Gasteiger charge is -2.35.